The molecular formula is C26H39O4P. The number of Topliss-reactive ketones (excluding diaryl/α,β-unsaturated/α-hetero) is 1. The topological polar surface area (TPSA) is 44.8 Å². The number of hydrogen-bond acceptors (Lipinski definition) is 4. The fourth-order valence-corrected chi connectivity index (χ4v) is 13.3. The average molecular weight is 447 g/mol. The first-order valence-corrected chi connectivity index (χ1v) is 14.2. The molecular weight excluding hydrogens is 407 g/mol. The molecule has 0 aromatic rings. The number of carbonyl (C=O) groups excluding carboxylic acids is 1. The predicted octanol–water partition coefficient (Wildman–Crippen LogP) is 5.49. The Morgan fingerprint density at radius 1 is 1.00 bits per heavy atom. The van der Waals surface area contributed by atoms with E-state index in [2.05, 4.69) is 33.8 Å². The monoisotopic (exact) mass is 446 g/mol. The number of carbonyl (C=O) groups is 1. The van der Waals surface area contributed by atoms with Gasteiger partial charge in [-0.1, -0.05) is 33.4 Å². The summed E-state index contributed by atoms with van der Waals surface area (Å²) < 4.78 is 18.4. The highest BCUT2D eigenvalue weighted by Gasteiger charge is 2.67. The molecule has 6 rings (SSSR count). The molecule has 4 nitrogen and oxygen atoms in total. The Morgan fingerprint density at radius 2 is 1.77 bits per heavy atom. The van der Waals surface area contributed by atoms with Crippen molar-refractivity contribution in [3.63, 3.8) is 0 Å². The zero-order valence-electron chi connectivity index (χ0n) is 19.7. The smallest absolute Gasteiger partial charge is 0.172 e. The Balaban J connectivity index is 1.38. The van der Waals surface area contributed by atoms with Crippen LogP contribution in [0.5, 0.6) is 0 Å². The quantitative estimate of drug-likeness (QED) is 0.395. The summed E-state index contributed by atoms with van der Waals surface area (Å²) in [6.07, 6.45) is 11.0. The van der Waals surface area contributed by atoms with Gasteiger partial charge in [0.05, 0.1) is 25.2 Å². The van der Waals surface area contributed by atoms with Crippen LogP contribution >= 0.6 is 7.92 Å². The molecule has 1 spiro atoms. The van der Waals surface area contributed by atoms with Crippen molar-refractivity contribution >= 4 is 13.7 Å². The number of allylic oxidation sites excluding steroid dienone is 1. The van der Waals surface area contributed by atoms with Crippen LogP contribution < -0.4 is 0 Å². The maximum Gasteiger partial charge on any atom is 0.172 e. The van der Waals surface area contributed by atoms with Crippen molar-refractivity contribution in [1.82, 2.24) is 0 Å². The Kier molecular flexibility index (Phi) is 4.72. The second-order valence-corrected chi connectivity index (χ2v) is 15.2. The molecule has 0 N–H and O–H groups in total. The largest absolute Gasteiger partial charge is 0.371 e. The van der Waals surface area contributed by atoms with Crippen molar-refractivity contribution in [2.24, 2.45) is 29.1 Å². The van der Waals surface area contributed by atoms with Gasteiger partial charge in [0, 0.05) is 30.3 Å². The lowest BCUT2D eigenvalue weighted by molar-refractivity contribution is -0.184. The van der Waals surface area contributed by atoms with Crippen molar-refractivity contribution < 1.29 is 19.0 Å². The van der Waals surface area contributed by atoms with E-state index in [0.29, 0.717) is 36.8 Å². The second-order valence-electron chi connectivity index (χ2n) is 12.0. The van der Waals surface area contributed by atoms with Gasteiger partial charge in [0.2, 0.25) is 0 Å². The van der Waals surface area contributed by atoms with Gasteiger partial charge in [-0.05, 0) is 68.9 Å². The van der Waals surface area contributed by atoms with Crippen LogP contribution in [0, 0.1) is 29.1 Å². The molecule has 4 aliphatic carbocycles. The lowest BCUT2D eigenvalue weighted by Gasteiger charge is -2.60. The summed E-state index contributed by atoms with van der Waals surface area (Å²) in [6.45, 7) is 11.8. The van der Waals surface area contributed by atoms with Crippen LogP contribution in [-0.2, 0) is 19.0 Å². The van der Waals surface area contributed by atoms with Crippen LogP contribution in [0.4, 0.5) is 0 Å². The minimum atomic E-state index is -0.407. The van der Waals surface area contributed by atoms with Gasteiger partial charge in [-0.25, -0.2) is 0 Å². The van der Waals surface area contributed by atoms with E-state index in [1.165, 1.54) is 24.6 Å². The first-order valence-electron chi connectivity index (χ1n) is 12.6. The molecule has 2 saturated heterocycles. The van der Waals surface area contributed by atoms with E-state index in [-0.39, 0.29) is 29.8 Å². The standard InChI is InChI=1S/C26H39O4P/c1-17-5-8-20-19-7-6-18-15-25(29-11-12-30-25)10-9-24(18,4)22(19)21(27)16-26(17,20)31-14-13-28-23(31,2)3/h6,17,19-20,22H,5,7-16H2,1-4H3. The van der Waals surface area contributed by atoms with Gasteiger partial charge >= 0.3 is 0 Å². The number of ketones is 1. The summed E-state index contributed by atoms with van der Waals surface area (Å²) in [6, 6.07) is 0. The highest BCUT2D eigenvalue weighted by molar-refractivity contribution is 7.61. The lowest BCUT2D eigenvalue weighted by atomic mass is 9.49. The molecule has 0 radical (unpaired) electrons. The Bertz CT molecular complexity index is 814. The molecule has 0 bridgehead atoms. The van der Waals surface area contributed by atoms with E-state index >= 15 is 0 Å². The third-order valence-corrected chi connectivity index (χ3v) is 14.4. The van der Waals surface area contributed by atoms with Gasteiger partial charge in [-0.2, -0.15) is 0 Å². The van der Waals surface area contributed by atoms with Gasteiger partial charge in [-0.3, -0.25) is 4.79 Å². The molecule has 0 amide bonds. The molecule has 7 atom stereocenters. The maximum absolute atomic E-state index is 14.1. The van der Waals surface area contributed by atoms with Gasteiger partial charge in [0.15, 0.2) is 5.79 Å². The fraction of sp³-hybridized carbons (Fsp3) is 0.885. The first kappa shape index (κ1) is 21.3. The van der Waals surface area contributed by atoms with E-state index in [9.17, 15) is 4.79 Å². The van der Waals surface area contributed by atoms with Crippen molar-refractivity contribution in [1.29, 1.82) is 0 Å². The minimum absolute atomic E-state index is 0.00645. The van der Waals surface area contributed by atoms with Crippen molar-refractivity contribution in [2.45, 2.75) is 88.9 Å². The zero-order chi connectivity index (χ0) is 21.6. The Morgan fingerprint density at radius 3 is 2.48 bits per heavy atom. The molecule has 2 aliphatic heterocycles. The normalized spacial score (nSPS) is 50.1. The first-order chi connectivity index (χ1) is 14.7. The summed E-state index contributed by atoms with van der Waals surface area (Å²) in [5.74, 6) is 2.19. The Labute approximate surface area is 188 Å². The van der Waals surface area contributed by atoms with Crippen molar-refractivity contribution in [3.05, 3.63) is 11.6 Å². The van der Waals surface area contributed by atoms with E-state index in [4.69, 9.17) is 14.2 Å². The van der Waals surface area contributed by atoms with Crippen LogP contribution in [-0.4, -0.2) is 48.1 Å². The van der Waals surface area contributed by atoms with Crippen LogP contribution in [0.1, 0.15) is 72.6 Å². The van der Waals surface area contributed by atoms with Crippen molar-refractivity contribution in [2.75, 3.05) is 26.0 Å². The molecule has 6 aliphatic rings. The molecule has 7 unspecified atom stereocenters. The summed E-state index contributed by atoms with van der Waals surface area (Å²) in [4.78, 5) is 14.1. The maximum atomic E-state index is 14.1. The highest BCUT2D eigenvalue weighted by Crippen LogP contribution is 2.76. The zero-order valence-corrected chi connectivity index (χ0v) is 20.6. The molecule has 172 valence electrons. The average Bonchev–Trinajstić information content (AvgIpc) is 3.41. The summed E-state index contributed by atoms with van der Waals surface area (Å²) >= 11 is 0. The lowest BCUT2D eigenvalue weighted by Crippen LogP contribution is -2.59. The van der Waals surface area contributed by atoms with E-state index < -0.39 is 5.79 Å². The van der Waals surface area contributed by atoms with E-state index in [0.717, 1.165) is 38.7 Å². The molecule has 0 aromatic carbocycles. The SMILES string of the molecule is CC1CCC2C3CC=C4CC5(CCC4(C)C3C(=O)CC12P1CCOC1(C)C)OCCO5. The molecule has 2 heterocycles. The van der Waals surface area contributed by atoms with Gasteiger partial charge in [0.1, 0.15) is 5.78 Å². The number of hydrogen-bond donors (Lipinski definition) is 0. The molecule has 5 fully saturated rings. The summed E-state index contributed by atoms with van der Waals surface area (Å²) in [5.41, 5.74) is 1.44. The number of fused-ring (bicyclic) bond motifs is 5. The van der Waals surface area contributed by atoms with Crippen LogP contribution in [0.25, 0.3) is 0 Å². The predicted molar refractivity (Wildman–Crippen MR) is 122 cm³/mol. The number of rotatable bonds is 1. The third kappa shape index (κ3) is 2.77. The molecule has 0 aromatic heterocycles. The van der Waals surface area contributed by atoms with Crippen molar-refractivity contribution in [3.8, 4) is 0 Å². The number of ether oxygens (including phenoxy) is 3. The molecule has 5 heteroatoms. The molecule has 3 saturated carbocycles. The minimum Gasteiger partial charge on any atom is -0.371 e. The van der Waals surface area contributed by atoms with Crippen LogP contribution in [0.15, 0.2) is 11.6 Å². The van der Waals surface area contributed by atoms with Crippen LogP contribution in [0.3, 0.4) is 0 Å². The highest BCUT2D eigenvalue weighted by atomic mass is 31.1. The second kappa shape index (κ2) is 6.87. The Hall–Kier alpha value is -0.280. The van der Waals surface area contributed by atoms with Gasteiger partial charge in [-0.15, -0.1) is 0 Å². The van der Waals surface area contributed by atoms with Gasteiger partial charge < -0.3 is 14.2 Å². The van der Waals surface area contributed by atoms with E-state index in [1.54, 1.807) is 0 Å². The third-order valence-electron chi connectivity index (χ3n) is 10.4. The van der Waals surface area contributed by atoms with Gasteiger partial charge in [0.25, 0.3) is 0 Å². The van der Waals surface area contributed by atoms with E-state index in [1.807, 2.05) is 0 Å². The molecule has 31 heavy (non-hydrogen) atoms. The fourth-order valence-electron chi connectivity index (χ4n) is 9.05. The van der Waals surface area contributed by atoms with Crippen LogP contribution in [0.2, 0.25) is 0 Å². The summed E-state index contributed by atoms with van der Waals surface area (Å²) in [7, 11) is -0.318. The summed E-state index contributed by atoms with van der Waals surface area (Å²) in [5, 5.41) is 0.149.